The summed E-state index contributed by atoms with van der Waals surface area (Å²) in [5.74, 6) is -1.79. The molecule has 1 atom stereocenters. The topological polar surface area (TPSA) is 26.0 Å². The van der Waals surface area contributed by atoms with Gasteiger partial charge in [0.2, 0.25) is 0 Å². The summed E-state index contributed by atoms with van der Waals surface area (Å²) in [6, 6.07) is 9.91. The summed E-state index contributed by atoms with van der Waals surface area (Å²) < 4.78 is 26.7. The van der Waals surface area contributed by atoms with Gasteiger partial charge in [-0.05, 0) is 45.1 Å². The maximum atomic E-state index is 13.5. The van der Waals surface area contributed by atoms with Crippen LogP contribution in [0.1, 0.15) is 29.7 Å². The number of benzene rings is 2. The first-order valence-electron chi connectivity index (χ1n) is 6.02. The molecule has 4 heteroatoms. The standard InChI is InChI=1S/C15H14BrF2N/c1-2-9-3-5-10(6-4-9)15(19)11-7-8-12(17)14(18)13(11)16/h3-8,15H,2,19H2,1H3. The molecule has 0 saturated heterocycles. The van der Waals surface area contributed by atoms with Crippen molar-refractivity contribution in [2.24, 2.45) is 5.73 Å². The quantitative estimate of drug-likeness (QED) is 0.835. The van der Waals surface area contributed by atoms with E-state index in [0.717, 1.165) is 18.1 Å². The number of hydrogen-bond donors (Lipinski definition) is 1. The lowest BCUT2D eigenvalue weighted by Crippen LogP contribution is -2.13. The lowest BCUT2D eigenvalue weighted by atomic mass is 9.98. The first-order valence-corrected chi connectivity index (χ1v) is 6.81. The van der Waals surface area contributed by atoms with Crippen molar-refractivity contribution in [1.82, 2.24) is 0 Å². The van der Waals surface area contributed by atoms with Crippen molar-refractivity contribution in [3.8, 4) is 0 Å². The van der Waals surface area contributed by atoms with E-state index in [-0.39, 0.29) is 4.47 Å². The zero-order valence-corrected chi connectivity index (χ0v) is 12.0. The lowest BCUT2D eigenvalue weighted by Gasteiger charge is -2.15. The summed E-state index contributed by atoms with van der Waals surface area (Å²) in [6.07, 6.45) is 0.949. The minimum atomic E-state index is -0.905. The molecule has 0 bridgehead atoms. The summed E-state index contributed by atoms with van der Waals surface area (Å²) in [6.45, 7) is 2.07. The lowest BCUT2D eigenvalue weighted by molar-refractivity contribution is 0.501. The molecule has 0 amide bonds. The predicted molar refractivity (Wildman–Crippen MR) is 75.9 cm³/mol. The van der Waals surface area contributed by atoms with E-state index in [1.807, 2.05) is 24.3 Å². The maximum absolute atomic E-state index is 13.5. The van der Waals surface area contributed by atoms with E-state index >= 15 is 0 Å². The zero-order valence-electron chi connectivity index (χ0n) is 10.5. The summed E-state index contributed by atoms with van der Waals surface area (Å²) in [4.78, 5) is 0. The monoisotopic (exact) mass is 325 g/mol. The van der Waals surface area contributed by atoms with Crippen LogP contribution in [0.5, 0.6) is 0 Å². The fraction of sp³-hybridized carbons (Fsp3) is 0.200. The molecular weight excluding hydrogens is 312 g/mol. The van der Waals surface area contributed by atoms with E-state index in [0.29, 0.717) is 5.56 Å². The Kier molecular flexibility index (Phi) is 4.32. The van der Waals surface area contributed by atoms with Crippen molar-refractivity contribution in [3.63, 3.8) is 0 Å². The normalized spacial score (nSPS) is 12.5. The van der Waals surface area contributed by atoms with Gasteiger partial charge in [0.1, 0.15) is 0 Å². The van der Waals surface area contributed by atoms with Crippen LogP contribution in [0.4, 0.5) is 8.78 Å². The molecule has 2 rings (SSSR count). The van der Waals surface area contributed by atoms with Crippen LogP contribution in [-0.2, 0) is 6.42 Å². The van der Waals surface area contributed by atoms with Gasteiger partial charge in [-0.2, -0.15) is 0 Å². The molecule has 2 N–H and O–H groups in total. The molecular formula is C15H14BrF2N. The Morgan fingerprint density at radius 3 is 2.32 bits per heavy atom. The summed E-state index contributed by atoms with van der Waals surface area (Å²) in [5, 5.41) is 0. The van der Waals surface area contributed by atoms with Gasteiger partial charge in [-0.3, -0.25) is 0 Å². The van der Waals surface area contributed by atoms with Crippen molar-refractivity contribution >= 4 is 15.9 Å². The van der Waals surface area contributed by atoms with Crippen molar-refractivity contribution < 1.29 is 8.78 Å². The number of hydrogen-bond acceptors (Lipinski definition) is 1. The van der Waals surface area contributed by atoms with Gasteiger partial charge in [0.25, 0.3) is 0 Å². The molecule has 19 heavy (non-hydrogen) atoms. The largest absolute Gasteiger partial charge is 0.320 e. The summed E-state index contributed by atoms with van der Waals surface area (Å²) in [7, 11) is 0. The van der Waals surface area contributed by atoms with E-state index in [9.17, 15) is 8.78 Å². The van der Waals surface area contributed by atoms with E-state index in [1.54, 1.807) is 0 Å². The van der Waals surface area contributed by atoms with Crippen LogP contribution in [0.3, 0.4) is 0 Å². The van der Waals surface area contributed by atoms with Crippen LogP contribution in [0.15, 0.2) is 40.9 Å². The molecule has 1 unspecified atom stereocenters. The average Bonchev–Trinajstić information content (AvgIpc) is 2.44. The Balaban J connectivity index is 2.38. The molecule has 0 spiro atoms. The highest BCUT2D eigenvalue weighted by Gasteiger charge is 2.17. The van der Waals surface area contributed by atoms with Crippen molar-refractivity contribution in [2.75, 3.05) is 0 Å². The Morgan fingerprint density at radius 2 is 1.74 bits per heavy atom. The van der Waals surface area contributed by atoms with E-state index < -0.39 is 17.7 Å². The highest BCUT2D eigenvalue weighted by molar-refractivity contribution is 9.10. The van der Waals surface area contributed by atoms with Gasteiger partial charge >= 0.3 is 0 Å². The molecule has 0 aromatic heterocycles. The Bertz CT molecular complexity index is 581. The summed E-state index contributed by atoms with van der Waals surface area (Å²) in [5.41, 5.74) is 8.71. The number of aryl methyl sites for hydroxylation is 1. The SMILES string of the molecule is CCc1ccc(C(N)c2ccc(F)c(F)c2Br)cc1. The number of nitrogens with two attached hydrogens (primary N) is 1. The van der Waals surface area contributed by atoms with Crippen LogP contribution < -0.4 is 5.73 Å². The maximum Gasteiger partial charge on any atom is 0.173 e. The molecule has 0 radical (unpaired) electrons. The molecule has 0 aliphatic heterocycles. The predicted octanol–water partition coefficient (Wildman–Crippen LogP) is 4.34. The smallest absolute Gasteiger partial charge is 0.173 e. The van der Waals surface area contributed by atoms with Crippen LogP contribution in [0.2, 0.25) is 0 Å². The highest BCUT2D eigenvalue weighted by atomic mass is 79.9. The molecule has 0 aliphatic rings. The Morgan fingerprint density at radius 1 is 1.11 bits per heavy atom. The first-order chi connectivity index (χ1) is 9.04. The van der Waals surface area contributed by atoms with Crippen LogP contribution in [0, 0.1) is 11.6 Å². The van der Waals surface area contributed by atoms with Gasteiger partial charge in [-0.15, -0.1) is 0 Å². The van der Waals surface area contributed by atoms with Crippen LogP contribution in [-0.4, -0.2) is 0 Å². The highest BCUT2D eigenvalue weighted by Crippen LogP contribution is 2.30. The van der Waals surface area contributed by atoms with Gasteiger partial charge in [-0.25, -0.2) is 8.78 Å². The minimum Gasteiger partial charge on any atom is -0.320 e. The second-order valence-corrected chi connectivity index (χ2v) is 5.13. The number of halogens is 3. The number of rotatable bonds is 3. The van der Waals surface area contributed by atoms with Crippen molar-refractivity contribution in [1.29, 1.82) is 0 Å². The molecule has 0 aliphatic carbocycles. The van der Waals surface area contributed by atoms with Gasteiger partial charge in [-0.1, -0.05) is 37.3 Å². The Labute approximate surface area is 119 Å². The molecule has 2 aromatic rings. The molecule has 2 aromatic carbocycles. The van der Waals surface area contributed by atoms with Gasteiger partial charge in [0, 0.05) is 0 Å². The molecule has 0 fully saturated rings. The van der Waals surface area contributed by atoms with Gasteiger partial charge in [0.05, 0.1) is 10.5 Å². The molecule has 0 heterocycles. The van der Waals surface area contributed by atoms with Gasteiger partial charge < -0.3 is 5.73 Å². The fourth-order valence-corrected chi connectivity index (χ4v) is 2.49. The van der Waals surface area contributed by atoms with Crippen LogP contribution in [0.25, 0.3) is 0 Å². The molecule has 1 nitrogen and oxygen atoms in total. The van der Waals surface area contributed by atoms with Crippen LogP contribution >= 0.6 is 15.9 Å². The Hall–Kier alpha value is -1.26. The average molecular weight is 326 g/mol. The second-order valence-electron chi connectivity index (χ2n) is 4.34. The third-order valence-corrected chi connectivity index (χ3v) is 3.95. The van der Waals surface area contributed by atoms with Gasteiger partial charge in [0.15, 0.2) is 11.6 Å². The van der Waals surface area contributed by atoms with E-state index in [4.69, 9.17) is 5.73 Å². The second kappa shape index (κ2) is 5.80. The van der Waals surface area contributed by atoms with Crippen molar-refractivity contribution in [2.45, 2.75) is 19.4 Å². The first kappa shape index (κ1) is 14.2. The summed E-state index contributed by atoms with van der Waals surface area (Å²) >= 11 is 3.06. The van der Waals surface area contributed by atoms with Crippen molar-refractivity contribution in [3.05, 3.63) is 69.2 Å². The third-order valence-electron chi connectivity index (χ3n) is 3.15. The third kappa shape index (κ3) is 2.85. The fourth-order valence-electron chi connectivity index (χ4n) is 1.92. The zero-order chi connectivity index (χ0) is 14.0. The minimum absolute atomic E-state index is 0.0829. The molecule has 100 valence electrons. The van der Waals surface area contributed by atoms with E-state index in [1.165, 1.54) is 11.6 Å². The molecule has 0 saturated carbocycles. The van der Waals surface area contributed by atoms with E-state index in [2.05, 4.69) is 22.9 Å².